The predicted molar refractivity (Wildman–Crippen MR) is 72.9 cm³/mol. The van der Waals surface area contributed by atoms with Gasteiger partial charge in [0.15, 0.2) is 0 Å². The standard InChI is InChI=1S/C13H24N4O2/c1-9-7-10(5-6-18-9)15-12-17-16-11(19-12)8-14-13(2,3)4/h9-10,14H,5-8H2,1-4H3,(H,15,17). The number of hydrogen-bond acceptors (Lipinski definition) is 6. The van der Waals surface area contributed by atoms with E-state index in [1.807, 2.05) is 0 Å². The van der Waals surface area contributed by atoms with Crippen molar-refractivity contribution in [2.24, 2.45) is 0 Å². The summed E-state index contributed by atoms with van der Waals surface area (Å²) in [5, 5.41) is 14.7. The maximum Gasteiger partial charge on any atom is 0.315 e. The van der Waals surface area contributed by atoms with Gasteiger partial charge in [0.2, 0.25) is 5.89 Å². The van der Waals surface area contributed by atoms with E-state index in [2.05, 4.69) is 48.5 Å². The zero-order chi connectivity index (χ0) is 13.9. The Kier molecular flexibility index (Phi) is 4.42. The highest BCUT2D eigenvalue weighted by molar-refractivity contribution is 5.19. The molecule has 1 aromatic heterocycles. The smallest absolute Gasteiger partial charge is 0.315 e. The van der Waals surface area contributed by atoms with E-state index in [9.17, 15) is 0 Å². The number of anilines is 1. The first-order valence-corrected chi connectivity index (χ1v) is 6.88. The van der Waals surface area contributed by atoms with Crippen LogP contribution in [0, 0.1) is 0 Å². The molecule has 6 heteroatoms. The molecule has 108 valence electrons. The van der Waals surface area contributed by atoms with Crippen LogP contribution < -0.4 is 10.6 Å². The number of ether oxygens (including phenoxy) is 1. The van der Waals surface area contributed by atoms with Gasteiger partial charge < -0.3 is 19.8 Å². The Morgan fingerprint density at radius 1 is 1.32 bits per heavy atom. The predicted octanol–water partition coefficient (Wildman–Crippen LogP) is 1.94. The van der Waals surface area contributed by atoms with Crippen LogP contribution in [0.3, 0.4) is 0 Å². The normalized spacial score (nSPS) is 24.4. The van der Waals surface area contributed by atoms with Crippen LogP contribution in [0.25, 0.3) is 0 Å². The molecule has 1 aliphatic heterocycles. The lowest BCUT2D eigenvalue weighted by Crippen LogP contribution is -2.35. The number of nitrogens with one attached hydrogen (secondary N) is 2. The Balaban J connectivity index is 1.83. The first kappa shape index (κ1) is 14.3. The maximum absolute atomic E-state index is 5.58. The molecule has 1 aliphatic rings. The van der Waals surface area contributed by atoms with E-state index >= 15 is 0 Å². The second-order valence-electron chi connectivity index (χ2n) is 6.15. The lowest BCUT2D eigenvalue weighted by molar-refractivity contribution is 0.0229. The van der Waals surface area contributed by atoms with Crippen molar-refractivity contribution in [2.75, 3.05) is 11.9 Å². The van der Waals surface area contributed by atoms with Gasteiger partial charge in [0.05, 0.1) is 12.6 Å². The molecule has 19 heavy (non-hydrogen) atoms. The molecule has 6 nitrogen and oxygen atoms in total. The molecule has 0 spiro atoms. The van der Waals surface area contributed by atoms with Crippen LogP contribution in [0.2, 0.25) is 0 Å². The molecule has 0 radical (unpaired) electrons. The quantitative estimate of drug-likeness (QED) is 0.869. The summed E-state index contributed by atoms with van der Waals surface area (Å²) in [6.45, 7) is 9.76. The minimum atomic E-state index is 0.0399. The van der Waals surface area contributed by atoms with E-state index in [1.165, 1.54) is 0 Å². The van der Waals surface area contributed by atoms with Crippen molar-refractivity contribution in [3.8, 4) is 0 Å². The lowest BCUT2D eigenvalue weighted by Gasteiger charge is -2.27. The highest BCUT2D eigenvalue weighted by Gasteiger charge is 2.21. The molecule has 2 atom stereocenters. The Labute approximate surface area is 114 Å². The molecular formula is C13H24N4O2. The van der Waals surface area contributed by atoms with Gasteiger partial charge in [-0.05, 0) is 40.5 Å². The van der Waals surface area contributed by atoms with Crippen molar-refractivity contribution in [3.63, 3.8) is 0 Å². The van der Waals surface area contributed by atoms with E-state index in [4.69, 9.17) is 9.15 Å². The van der Waals surface area contributed by atoms with Crippen LogP contribution in [0.15, 0.2) is 4.42 Å². The highest BCUT2D eigenvalue weighted by atomic mass is 16.5. The molecule has 0 aliphatic carbocycles. The largest absolute Gasteiger partial charge is 0.407 e. The SMILES string of the molecule is CC1CC(Nc2nnc(CNC(C)(C)C)o2)CCO1. The fraction of sp³-hybridized carbons (Fsp3) is 0.846. The van der Waals surface area contributed by atoms with Crippen LogP contribution in [-0.2, 0) is 11.3 Å². The van der Waals surface area contributed by atoms with E-state index in [1.54, 1.807) is 0 Å². The van der Waals surface area contributed by atoms with Crippen molar-refractivity contribution in [1.82, 2.24) is 15.5 Å². The molecule has 0 aromatic carbocycles. The third kappa shape index (κ3) is 4.80. The topological polar surface area (TPSA) is 72.2 Å². The van der Waals surface area contributed by atoms with Crippen LogP contribution in [0.1, 0.15) is 46.4 Å². The van der Waals surface area contributed by atoms with Gasteiger partial charge >= 0.3 is 6.01 Å². The molecule has 0 amide bonds. The van der Waals surface area contributed by atoms with Crippen molar-refractivity contribution in [2.45, 2.75) is 64.8 Å². The number of aromatic nitrogens is 2. The fourth-order valence-electron chi connectivity index (χ4n) is 2.03. The van der Waals surface area contributed by atoms with E-state index in [0.29, 0.717) is 24.5 Å². The average molecular weight is 268 g/mol. The van der Waals surface area contributed by atoms with Gasteiger partial charge in [-0.1, -0.05) is 5.10 Å². The van der Waals surface area contributed by atoms with Gasteiger partial charge in [-0.2, -0.15) is 0 Å². The third-order valence-corrected chi connectivity index (χ3v) is 3.05. The van der Waals surface area contributed by atoms with E-state index < -0.39 is 0 Å². The maximum atomic E-state index is 5.58. The van der Waals surface area contributed by atoms with Crippen LogP contribution in [-0.4, -0.2) is 34.5 Å². The third-order valence-electron chi connectivity index (χ3n) is 3.05. The van der Waals surface area contributed by atoms with Crippen LogP contribution in [0.5, 0.6) is 0 Å². The molecule has 0 bridgehead atoms. The molecule has 2 heterocycles. The number of hydrogen-bond donors (Lipinski definition) is 2. The summed E-state index contributed by atoms with van der Waals surface area (Å²) in [6, 6.07) is 0.859. The van der Waals surface area contributed by atoms with Gasteiger partial charge in [0.25, 0.3) is 0 Å². The lowest BCUT2D eigenvalue weighted by atomic mass is 10.1. The van der Waals surface area contributed by atoms with E-state index in [-0.39, 0.29) is 11.6 Å². The van der Waals surface area contributed by atoms with Crippen molar-refractivity contribution in [1.29, 1.82) is 0 Å². The first-order chi connectivity index (χ1) is 8.92. The van der Waals surface area contributed by atoms with Gasteiger partial charge in [0, 0.05) is 18.2 Å². The second kappa shape index (κ2) is 5.88. The molecule has 0 saturated carbocycles. The first-order valence-electron chi connectivity index (χ1n) is 6.88. The van der Waals surface area contributed by atoms with Crippen LogP contribution in [0.4, 0.5) is 6.01 Å². The summed E-state index contributed by atoms with van der Waals surface area (Å²) >= 11 is 0. The van der Waals surface area contributed by atoms with Gasteiger partial charge in [0.1, 0.15) is 0 Å². The zero-order valence-electron chi connectivity index (χ0n) is 12.2. The van der Waals surface area contributed by atoms with Gasteiger partial charge in [-0.3, -0.25) is 0 Å². The summed E-state index contributed by atoms with van der Waals surface area (Å²) in [4.78, 5) is 0. The van der Waals surface area contributed by atoms with Gasteiger partial charge in [-0.15, -0.1) is 5.10 Å². The van der Waals surface area contributed by atoms with Crippen molar-refractivity contribution < 1.29 is 9.15 Å². The Hall–Kier alpha value is -1.14. The minimum absolute atomic E-state index is 0.0399. The van der Waals surface area contributed by atoms with Gasteiger partial charge in [-0.25, -0.2) is 0 Å². The molecule has 1 aromatic rings. The van der Waals surface area contributed by atoms with Crippen LogP contribution >= 0.6 is 0 Å². The Morgan fingerprint density at radius 3 is 2.79 bits per heavy atom. The molecule has 2 unspecified atom stereocenters. The summed E-state index contributed by atoms with van der Waals surface area (Å²) in [5.74, 6) is 0.609. The summed E-state index contributed by atoms with van der Waals surface area (Å²) < 4.78 is 11.1. The molecule has 1 fully saturated rings. The molecule has 2 N–H and O–H groups in total. The minimum Gasteiger partial charge on any atom is -0.407 e. The highest BCUT2D eigenvalue weighted by Crippen LogP contribution is 2.18. The number of nitrogens with zero attached hydrogens (tertiary/aromatic N) is 2. The molecular weight excluding hydrogens is 244 g/mol. The Bertz CT molecular complexity index is 400. The van der Waals surface area contributed by atoms with E-state index in [0.717, 1.165) is 19.4 Å². The molecule has 2 rings (SSSR count). The summed E-state index contributed by atoms with van der Waals surface area (Å²) in [6.07, 6.45) is 2.23. The zero-order valence-corrected chi connectivity index (χ0v) is 12.2. The summed E-state index contributed by atoms with van der Waals surface area (Å²) in [7, 11) is 0. The number of rotatable bonds is 4. The van der Waals surface area contributed by atoms with Crippen molar-refractivity contribution >= 4 is 6.01 Å². The summed E-state index contributed by atoms with van der Waals surface area (Å²) in [5.41, 5.74) is 0.0399. The Morgan fingerprint density at radius 2 is 2.11 bits per heavy atom. The monoisotopic (exact) mass is 268 g/mol. The van der Waals surface area contributed by atoms with Crippen molar-refractivity contribution in [3.05, 3.63) is 5.89 Å². The fourth-order valence-corrected chi connectivity index (χ4v) is 2.03. The second-order valence-corrected chi connectivity index (χ2v) is 6.15. The average Bonchev–Trinajstić information content (AvgIpc) is 2.73. The molecule has 1 saturated heterocycles.